The molecule has 0 aromatic heterocycles. The van der Waals surface area contributed by atoms with Crippen LogP contribution in [0.3, 0.4) is 0 Å². The summed E-state index contributed by atoms with van der Waals surface area (Å²) in [6.07, 6.45) is -0.150. The Hall–Kier alpha value is -1.10. The molecule has 0 heterocycles. The molecule has 0 radical (unpaired) electrons. The standard InChI is InChI=1S/C13H24O5/c1-6-12(14)18-11(5)8-16-10(4)7-17-13(15)9(2)3/h9-11H,6-8H2,1-5H3. The van der Waals surface area contributed by atoms with Gasteiger partial charge in [-0.1, -0.05) is 20.8 Å². The summed E-state index contributed by atoms with van der Waals surface area (Å²) in [4.78, 5) is 22.2. The van der Waals surface area contributed by atoms with Crippen molar-refractivity contribution < 1.29 is 23.8 Å². The lowest BCUT2D eigenvalue weighted by Gasteiger charge is -2.18. The van der Waals surface area contributed by atoms with E-state index < -0.39 is 0 Å². The molecule has 5 heteroatoms. The van der Waals surface area contributed by atoms with Crippen molar-refractivity contribution in [3.8, 4) is 0 Å². The molecule has 0 rings (SSSR count). The first-order valence-corrected chi connectivity index (χ1v) is 6.34. The lowest BCUT2D eigenvalue weighted by Crippen LogP contribution is -2.26. The Bertz CT molecular complexity index is 262. The van der Waals surface area contributed by atoms with E-state index in [9.17, 15) is 9.59 Å². The molecular weight excluding hydrogens is 236 g/mol. The molecule has 0 aliphatic heterocycles. The number of carbonyl (C=O) groups excluding carboxylic acids is 2. The van der Waals surface area contributed by atoms with Crippen molar-refractivity contribution in [1.29, 1.82) is 0 Å². The van der Waals surface area contributed by atoms with Gasteiger partial charge in [0.2, 0.25) is 0 Å². The minimum absolute atomic E-state index is 0.137. The summed E-state index contributed by atoms with van der Waals surface area (Å²) >= 11 is 0. The van der Waals surface area contributed by atoms with Gasteiger partial charge in [-0.3, -0.25) is 9.59 Å². The Morgan fingerprint density at radius 2 is 1.61 bits per heavy atom. The van der Waals surface area contributed by atoms with Crippen molar-refractivity contribution in [3.05, 3.63) is 0 Å². The van der Waals surface area contributed by atoms with Crippen molar-refractivity contribution in [3.63, 3.8) is 0 Å². The van der Waals surface area contributed by atoms with Gasteiger partial charge in [-0.2, -0.15) is 0 Å². The molecule has 106 valence electrons. The molecule has 2 atom stereocenters. The number of ether oxygens (including phenoxy) is 3. The van der Waals surface area contributed by atoms with Crippen LogP contribution in [0.1, 0.15) is 41.0 Å². The maximum atomic E-state index is 11.2. The maximum Gasteiger partial charge on any atom is 0.308 e. The second-order valence-corrected chi connectivity index (χ2v) is 4.58. The van der Waals surface area contributed by atoms with Crippen LogP contribution in [0.25, 0.3) is 0 Å². The molecule has 0 bridgehead atoms. The Morgan fingerprint density at radius 1 is 1.00 bits per heavy atom. The molecule has 5 nitrogen and oxygen atoms in total. The Morgan fingerprint density at radius 3 is 2.11 bits per heavy atom. The fraction of sp³-hybridized carbons (Fsp3) is 0.846. The zero-order valence-electron chi connectivity index (χ0n) is 11.9. The quantitative estimate of drug-likeness (QED) is 0.624. The van der Waals surface area contributed by atoms with Crippen molar-refractivity contribution in [2.75, 3.05) is 13.2 Å². The van der Waals surface area contributed by atoms with Crippen LogP contribution in [0.15, 0.2) is 0 Å². The van der Waals surface area contributed by atoms with Gasteiger partial charge in [-0.15, -0.1) is 0 Å². The van der Waals surface area contributed by atoms with Gasteiger partial charge in [0.15, 0.2) is 0 Å². The van der Waals surface area contributed by atoms with E-state index in [1.54, 1.807) is 27.7 Å². The smallest absolute Gasteiger partial charge is 0.308 e. The summed E-state index contributed by atoms with van der Waals surface area (Å²) in [5.74, 6) is -0.623. The van der Waals surface area contributed by atoms with Crippen LogP contribution < -0.4 is 0 Å². The van der Waals surface area contributed by atoms with E-state index in [1.807, 2.05) is 6.92 Å². The second kappa shape index (κ2) is 8.91. The van der Waals surface area contributed by atoms with Crippen LogP contribution in [0.4, 0.5) is 0 Å². The molecule has 0 N–H and O–H groups in total. The fourth-order valence-electron chi connectivity index (χ4n) is 1.06. The first-order chi connectivity index (χ1) is 8.36. The average molecular weight is 260 g/mol. The molecule has 0 saturated heterocycles. The molecule has 0 aliphatic rings. The van der Waals surface area contributed by atoms with Crippen molar-refractivity contribution >= 4 is 11.9 Å². The van der Waals surface area contributed by atoms with Crippen molar-refractivity contribution in [2.45, 2.75) is 53.2 Å². The fourth-order valence-corrected chi connectivity index (χ4v) is 1.06. The normalized spacial score (nSPS) is 14.1. The SMILES string of the molecule is CCC(=O)OC(C)COC(C)COC(=O)C(C)C. The van der Waals surface area contributed by atoms with Gasteiger partial charge < -0.3 is 14.2 Å². The van der Waals surface area contributed by atoms with E-state index in [0.717, 1.165) is 0 Å². The maximum absolute atomic E-state index is 11.2. The van der Waals surface area contributed by atoms with Crippen LogP contribution in [-0.2, 0) is 23.8 Å². The highest BCUT2D eigenvalue weighted by Crippen LogP contribution is 2.01. The summed E-state index contributed by atoms with van der Waals surface area (Å²) in [7, 11) is 0. The molecule has 0 spiro atoms. The van der Waals surface area contributed by atoms with Crippen LogP contribution in [0.5, 0.6) is 0 Å². The summed E-state index contributed by atoms with van der Waals surface area (Å²) < 4.78 is 15.5. The summed E-state index contributed by atoms with van der Waals surface area (Å²) in [5.41, 5.74) is 0. The lowest BCUT2D eigenvalue weighted by atomic mass is 10.2. The molecule has 18 heavy (non-hydrogen) atoms. The van der Waals surface area contributed by atoms with E-state index in [1.165, 1.54) is 0 Å². The zero-order valence-corrected chi connectivity index (χ0v) is 11.9. The van der Waals surface area contributed by atoms with E-state index in [0.29, 0.717) is 13.0 Å². The highest BCUT2D eigenvalue weighted by atomic mass is 16.6. The van der Waals surface area contributed by atoms with Gasteiger partial charge in [0.1, 0.15) is 12.7 Å². The van der Waals surface area contributed by atoms with E-state index in [-0.39, 0.29) is 36.7 Å². The van der Waals surface area contributed by atoms with Gasteiger partial charge in [0.25, 0.3) is 0 Å². The minimum atomic E-state index is -0.291. The first-order valence-electron chi connectivity index (χ1n) is 6.34. The predicted octanol–water partition coefficient (Wildman–Crippen LogP) is 1.93. The summed E-state index contributed by atoms with van der Waals surface area (Å²) in [6.45, 7) is 9.38. The van der Waals surface area contributed by atoms with Crippen LogP contribution in [0.2, 0.25) is 0 Å². The van der Waals surface area contributed by atoms with E-state index >= 15 is 0 Å². The lowest BCUT2D eigenvalue weighted by molar-refractivity contribution is -0.155. The molecule has 0 aliphatic carbocycles. The van der Waals surface area contributed by atoms with Gasteiger partial charge in [-0.25, -0.2) is 0 Å². The Labute approximate surface area is 109 Å². The Kier molecular flexibility index (Phi) is 8.37. The van der Waals surface area contributed by atoms with E-state index in [2.05, 4.69) is 0 Å². The summed E-state index contributed by atoms with van der Waals surface area (Å²) in [6, 6.07) is 0. The van der Waals surface area contributed by atoms with Gasteiger partial charge in [0, 0.05) is 6.42 Å². The third-order valence-electron chi connectivity index (χ3n) is 2.17. The third-order valence-corrected chi connectivity index (χ3v) is 2.17. The molecule has 0 fully saturated rings. The predicted molar refractivity (Wildman–Crippen MR) is 67.1 cm³/mol. The van der Waals surface area contributed by atoms with Crippen molar-refractivity contribution in [1.82, 2.24) is 0 Å². The largest absolute Gasteiger partial charge is 0.463 e. The first kappa shape index (κ1) is 16.9. The van der Waals surface area contributed by atoms with Crippen LogP contribution >= 0.6 is 0 Å². The number of esters is 2. The molecular formula is C13H24O5. The number of rotatable bonds is 8. The van der Waals surface area contributed by atoms with Gasteiger partial charge in [0.05, 0.1) is 18.6 Å². The highest BCUT2D eigenvalue weighted by molar-refractivity contribution is 5.71. The molecule has 0 saturated carbocycles. The monoisotopic (exact) mass is 260 g/mol. The number of carbonyl (C=O) groups is 2. The second-order valence-electron chi connectivity index (χ2n) is 4.58. The Balaban J connectivity index is 3.73. The van der Waals surface area contributed by atoms with Gasteiger partial charge >= 0.3 is 11.9 Å². The highest BCUT2D eigenvalue weighted by Gasteiger charge is 2.13. The summed E-state index contributed by atoms with van der Waals surface area (Å²) in [5, 5.41) is 0. The van der Waals surface area contributed by atoms with Crippen LogP contribution in [-0.4, -0.2) is 37.4 Å². The molecule has 0 aromatic carbocycles. The molecule has 0 aromatic rings. The molecule has 0 amide bonds. The molecule has 2 unspecified atom stereocenters. The number of hydrogen-bond acceptors (Lipinski definition) is 5. The topological polar surface area (TPSA) is 61.8 Å². The third kappa shape index (κ3) is 8.06. The number of hydrogen-bond donors (Lipinski definition) is 0. The zero-order chi connectivity index (χ0) is 14.1. The average Bonchev–Trinajstić information content (AvgIpc) is 2.32. The van der Waals surface area contributed by atoms with Crippen molar-refractivity contribution in [2.24, 2.45) is 5.92 Å². The minimum Gasteiger partial charge on any atom is -0.463 e. The van der Waals surface area contributed by atoms with Gasteiger partial charge in [-0.05, 0) is 13.8 Å². The van der Waals surface area contributed by atoms with Crippen LogP contribution in [0, 0.1) is 5.92 Å². The van der Waals surface area contributed by atoms with E-state index in [4.69, 9.17) is 14.2 Å².